The van der Waals surface area contributed by atoms with Crippen molar-refractivity contribution >= 4 is 28.1 Å². The zero-order valence-electron chi connectivity index (χ0n) is 14.7. The summed E-state index contributed by atoms with van der Waals surface area (Å²) in [5.74, 6) is 0. The molecule has 3 N–H and O–H groups in total. The largest absolute Gasteiger partial charge is 0.348 e. The molecule has 0 aliphatic heterocycles. The first-order valence-corrected chi connectivity index (χ1v) is 8.89. The highest BCUT2D eigenvalue weighted by Crippen LogP contribution is 2.22. The molecule has 3 aromatic rings. The van der Waals surface area contributed by atoms with Gasteiger partial charge in [-0.3, -0.25) is 9.59 Å². The predicted octanol–water partition coefficient (Wildman–Crippen LogP) is 1.50. The molecular weight excluding hydrogens is 396 g/mol. The van der Waals surface area contributed by atoms with Crippen molar-refractivity contribution in [2.45, 2.75) is 26.2 Å². The Labute approximate surface area is 157 Å². The number of aromatic amines is 3. The van der Waals surface area contributed by atoms with E-state index in [1.54, 1.807) is 18.5 Å². The Hall–Kier alpha value is -2.67. The van der Waals surface area contributed by atoms with Gasteiger partial charge in [-0.05, 0) is 29.8 Å². The van der Waals surface area contributed by atoms with Gasteiger partial charge in [-0.2, -0.15) is 0 Å². The monoisotopic (exact) mass is 414 g/mol. The van der Waals surface area contributed by atoms with Crippen molar-refractivity contribution in [3.63, 3.8) is 0 Å². The number of hydrogen-bond donors (Lipinski definition) is 3. The third-order valence-corrected chi connectivity index (χ3v) is 4.40. The maximum absolute atomic E-state index is 12.4. The van der Waals surface area contributed by atoms with Crippen LogP contribution in [0.4, 0.5) is 0 Å². The smallest absolute Gasteiger partial charge is 0.272 e. The van der Waals surface area contributed by atoms with E-state index in [-0.39, 0.29) is 27.2 Å². The molecule has 0 amide bonds. The molecule has 7 heteroatoms. The summed E-state index contributed by atoms with van der Waals surface area (Å²) in [6.07, 6.45) is 4.79. The van der Waals surface area contributed by atoms with Crippen molar-refractivity contribution in [2.24, 2.45) is 0 Å². The molecule has 0 spiro atoms. The first-order valence-electron chi connectivity index (χ1n) is 8.09. The standard InChI is InChI=1S/C19H19BrN4O2/c1-19(2,3)16-13(21-10-22-16)9-15-18(26)23-14(17(25)24-15)8-11-4-6-12(20)7-5-11/h4-10H,1-3H3,(H,21,22)(H,23,26)(H,24,25)/b14-8+,15-9+. The van der Waals surface area contributed by atoms with Crippen LogP contribution in [0, 0.1) is 0 Å². The third kappa shape index (κ3) is 3.94. The van der Waals surface area contributed by atoms with Crippen molar-refractivity contribution in [1.29, 1.82) is 0 Å². The van der Waals surface area contributed by atoms with Gasteiger partial charge < -0.3 is 15.0 Å². The van der Waals surface area contributed by atoms with E-state index in [4.69, 9.17) is 0 Å². The molecule has 0 fully saturated rings. The predicted molar refractivity (Wildman–Crippen MR) is 105 cm³/mol. The van der Waals surface area contributed by atoms with Crippen molar-refractivity contribution < 1.29 is 0 Å². The maximum Gasteiger partial charge on any atom is 0.272 e. The fourth-order valence-corrected chi connectivity index (χ4v) is 2.84. The lowest BCUT2D eigenvalue weighted by atomic mass is 9.90. The molecule has 0 bridgehead atoms. The van der Waals surface area contributed by atoms with Gasteiger partial charge in [-0.25, -0.2) is 4.98 Å². The number of nitrogens with zero attached hydrogens (tertiary/aromatic N) is 1. The minimum Gasteiger partial charge on any atom is -0.348 e. The first kappa shape index (κ1) is 18.1. The highest BCUT2D eigenvalue weighted by atomic mass is 79.9. The van der Waals surface area contributed by atoms with Crippen LogP contribution in [-0.4, -0.2) is 19.9 Å². The molecule has 0 saturated heterocycles. The highest BCUT2D eigenvalue weighted by Gasteiger charge is 2.19. The summed E-state index contributed by atoms with van der Waals surface area (Å²) in [6, 6.07) is 7.43. The average molecular weight is 415 g/mol. The van der Waals surface area contributed by atoms with Crippen LogP contribution >= 0.6 is 15.9 Å². The van der Waals surface area contributed by atoms with Crippen LogP contribution in [-0.2, 0) is 5.41 Å². The molecule has 0 atom stereocenters. The van der Waals surface area contributed by atoms with E-state index in [1.165, 1.54) is 0 Å². The molecule has 0 aliphatic carbocycles. The van der Waals surface area contributed by atoms with Gasteiger partial charge in [0.15, 0.2) is 0 Å². The van der Waals surface area contributed by atoms with Gasteiger partial charge in [0, 0.05) is 15.6 Å². The Morgan fingerprint density at radius 2 is 1.54 bits per heavy atom. The fraction of sp³-hybridized carbons (Fsp3) is 0.211. The molecule has 3 rings (SSSR count). The van der Waals surface area contributed by atoms with Crippen molar-refractivity contribution in [1.82, 2.24) is 19.9 Å². The highest BCUT2D eigenvalue weighted by molar-refractivity contribution is 9.10. The van der Waals surface area contributed by atoms with E-state index in [1.807, 2.05) is 45.0 Å². The number of benzene rings is 1. The van der Waals surface area contributed by atoms with E-state index >= 15 is 0 Å². The van der Waals surface area contributed by atoms with Crippen LogP contribution in [0.2, 0.25) is 0 Å². The number of nitrogens with one attached hydrogen (secondary N) is 3. The molecule has 0 aliphatic rings. The Morgan fingerprint density at radius 1 is 0.962 bits per heavy atom. The quantitative estimate of drug-likeness (QED) is 0.592. The molecular formula is C19H19BrN4O2. The topological polar surface area (TPSA) is 94.4 Å². The van der Waals surface area contributed by atoms with Crippen LogP contribution in [0.15, 0.2) is 44.7 Å². The minimum atomic E-state index is -0.379. The number of halogens is 1. The van der Waals surface area contributed by atoms with Gasteiger partial charge >= 0.3 is 0 Å². The lowest BCUT2D eigenvalue weighted by Gasteiger charge is -2.16. The molecule has 0 radical (unpaired) electrons. The van der Waals surface area contributed by atoms with Gasteiger partial charge in [0.05, 0.1) is 12.0 Å². The van der Waals surface area contributed by atoms with Crippen LogP contribution in [0.25, 0.3) is 12.2 Å². The summed E-state index contributed by atoms with van der Waals surface area (Å²) >= 11 is 3.36. The summed E-state index contributed by atoms with van der Waals surface area (Å²) in [4.78, 5) is 37.4. The van der Waals surface area contributed by atoms with Gasteiger partial charge in [0.2, 0.25) is 0 Å². The molecule has 6 nitrogen and oxygen atoms in total. The van der Waals surface area contributed by atoms with E-state index in [9.17, 15) is 9.59 Å². The fourth-order valence-electron chi connectivity index (χ4n) is 2.57. The second-order valence-corrected chi connectivity index (χ2v) is 7.90. The lowest BCUT2D eigenvalue weighted by molar-refractivity contribution is 0.571. The average Bonchev–Trinajstić information content (AvgIpc) is 3.03. The number of H-pyrrole nitrogens is 3. The summed E-state index contributed by atoms with van der Waals surface area (Å²) in [5, 5.41) is 0.369. The normalized spacial score (nSPS) is 13.4. The third-order valence-electron chi connectivity index (χ3n) is 3.87. The zero-order chi connectivity index (χ0) is 18.9. The lowest BCUT2D eigenvalue weighted by Crippen LogP contribution is -2.46. The van der Waals surface area contributed by atoms with E-state index in [0.29, 0.717) is 5.69 Å². The molecule has 0 saturated carbocycles. The van der Waals surface area contributed by atoms with Crippen molar-refractivity contribution in [2.75, 3.05) is 0 Å². The molecule has 2 heterocycles. The summed E-state index contributed by atoms with van der Waals surface area (Å²) in [6.45, 7) is 6.13. The molecule has 0 unspecified atom stereocenters. The van der Waals surface area contributed by atoms with Crippen LogP contribution in [0.5, 0.6) is 0 Å². The summed E-state index contributed by atoms with van der Waals surface area (Å²) in [5.41, 5.74) is 1.42. The van der Waals surface area contributed by atoms with E-state index < -0.39 is 0 Å². The van der Waals surface area contributed by atoms with Crippen LogP contribution < -0.4 is 21.8 Å². The molecule has 26 heavy (non-hydrogen) atoms. The minimum absolute atomic E-state index is 0.162. The Morgan fingerprint density at radius 3 is 2.12 bits per heavy atom. The molecule has 2 aromatic heterocycles. The second kappa shape index (κ2) is 6.92. The number of aromatic nitrogens is 4. The summed E-state index contributed by atoms with van der Waals surface area (Å²) < 4.78 is 0.940. The van der Waals surface area contributed by atoms with E-state index in [2.05, 4.69) is 35.9 Å². The maximum atomic E-state index is 12.4. The van der Waals surface area contributed by atoms with Gasteiger partial charge in [0.25, 0.3) is 11.1 Å². The molecule has 134 valence electrons. The van der Waals surface area contributed by atoms with Crippen LogP contribution in [0.1, 0.15) is 37.7 Å². The molecule has 1 aromatic carbocycles. The van der Waals surface area contributed by atoms with Gasteiger partial charge in [-0.1, -0.05) is 48.8 Å². The SMILES string of the molecule is CC(C)(C)c1[nH]cnc1/C=c1/[nH]c(=O)/c(=C\c2ccc(Br)cc2)[nH]c1=O. The number of rotatable bonds is 2. The van der Waals surface area contributed by atoms with Crippen molar-refractivity contribution in [3.05, 3.63) is 83.4 Å². The second-order valence-electron chi connectivity index (χ2n) is 6.99. The van der Waals surface area contributed by atoms with Gasteiger partial charge in [0.1, 0.15) is 10.7 Å². The van der Waals surface area contributed by atoms with Crippen molar-refractivity contribution in [3.8, 4) is 0 Å². The first-order chi connectivity index (χ1) is 12.2. The Kier molecular flexibility index (Phi) is 4.82. The Bertz CT molecular complexity index is 1160. The summed E-state index contributed by atoms with van der Waals surface area (Å²) in [7, 11) is 0. The van der Waals surface area contributed by atoms with E-state index in [0.717, 1.165) is 15.7 Å². The zero-order valence-corrected chi connectivity index (χ0v) is 16.3. The number of imidazole rings is 1. The van der Waals surface area contributed by atoms with Gasteiger partial charge in [-0.15, -0.1) is 0 Å². The van der Waals surface area contributed by atoms with Crippen LogP contribution in [0.3, 0.4) is 0 Å². The Balaban J connectivity index is 2.12. The number of hydrogen-bond acceptors (Lipinski definition) is 3.